The highest BCUT2D eigenvalue weighted by Gasteiger charge is 2.42. The second-order valence-corrected chi connectivity index (χ2v) is 5.91. The number of nitrogens with zero attached hydrogens (tertiary/aromatic N) is 4. The second kappa shape index (κ2) is 4.63. The summed E-state index contributed by atoms with van der Waals surface area (Å²) in [6.45, 7) is 2.84. The molecule has 0 bridgehead atoms. The molecular formula is C13H22N4O. The lowest BCUT2D eigenvalue weighted by atomic mass is 9.71. The SMILES string of the molecule is Cn1cc(CN2CCC3(O)CCCCC3C2)nn1. The molecular weight excluding hydrogens is 228 g/mol. The summed E-state index contributed by atoms with van der Waals surface area (Å²) >= 11 is 0. The van der Waals surface area contributed by atoms with Crippen LogP contribution in [-0.2, 0) is 13.6 Å². The van der Waals surface area contributed by atoms with Crippen molar-refractivity contribution in [2.24, 2.45) is 13.0 Å². The standard InChI is InChI=1S/C13H22N4O/c1-16-9-12(14-15-16)10-17-7-6-13(18)5-3-2-4-11(13)8-17/h9,11,18H,2-8,10H2,1H3. The zero-order valence-corrected chi connectivity index (χ0v) is 11.0. The normalized spacial score (nSPS) is 33.3. The molecule has 0 aromatic carbocycles. The average molecular weight is 250 g/mol. The third-order valence-electron chi connectivity index (χ3n) is 4.55. The predicted octanol–water partition coefficient (Wildman–Crippen LogP) is 0.942. The van der Waals surface area contributed by atoms with E-state index in [0.29, 0.717) is 5.92 Å². The van der Waals surface area contributed by atoms with Gasteiger partial charge in [-0.05, 0) is 19.3 Å². The van der Waals surface area contributed by atoms with Crippen LogP contribution in [0.4, 0.5) is 0 Å². The molecule has 1 aliphatic heterocycles. The first kappa shape index (κ1) is 12.1. The Balaban J connectivity index is 1.63. The average Bonchev–Trinajstić information content (AvgIpc) is 2.75. The Bertz CT molecular complexity index is 419. The number of aryl methyl sites for hydroxylation is 1. The topological polar surface area (TPSA) is 54.2 Å². The first-order valence-corrected chi connectivity index (χ1v) is 6.96. The van der Waals surface area contributed by atoms with Gasteiger partial charge in [0.05, 0.1) is 11.3 Å². The Morgan fingerprint density at radius 1 is 1.44 bits per heavy atom. The lowest BCUT2D eigenvalue weighted by Crippen LogP contribution is -2.52. The maximum atomic E-state index is 10.6. The summed E-state index contributed by atoms with van der Waals surface area (Å²) in [5.74, 6) is 0.455. The van der Waals surface area contributed by atoms with E-state index in [2.05, 4.69) is 15.2 Å². The van der Waals surface area contributed by atoms with E-state index < -0.39 is 0 Å². The molecule has 1 N–H and O–H groups in total. The minimum Gasteiger partial charge on any atom is -0.390 e. The van der Waals surface area contributed by atoms with E-state index in [0.717, 1.165) is 38.2 Å². The van der Waals surface area contributed by atoms with Crippen molar-refractivity contribution < 1.29 is 5.11 Å². The van der Waals surface area contributed by atoms with E-state index in [1.165, 1.54) is 19.3 Å². The van der Waals surface area contributed by atoms with Gasteiger partial charge in [-0.25, -0.2) is 0 Å². The van der Waals surface area contributed by atoms with Crippen LogP contribution in [-0.4, -0.2) is 43.7 Å². The van der Waals surface area contributed by atoms with Crippen molar-refractivity contribution in [1.29, 1.82) is 0 Å². The van der Waals surface area contributed by atoms with E-state index in [9.17, 15) is 5.11 Å². The number of hydrogen-bond acceptors (Lipinski definition) is 4. The Kier molecular flexibility index (Phi) is 3.11. The monoisotopic (exact) mass is 250 g/mol. The number of likely N-dealkylation sites (tertiary alicyclic amines) is 1. The van der Waals surface area contributed by atoms with Crippen LogP contribution in [0.15, 0.2) is 6.20 Å². The quantitative estimate of drug-likeness (QED) is 0.849. The second-order valence-electron chi connectivity index (χ2n) is 5.91. The van der Waals surface area contributed by atoms with Crippen LogP contribution < -0.4 is 0 Å². The number of aromatic nitrogens is 3. The van der Waals surface area contributed by atoms with Gasteiger partial charge in [0.2, 0.25) is 0 Å². The summed E-state index contributed by atoms with van der Waals surface area (Å²) in [7, 11) is 1.90. The number of piperidine rings is 1. The van der Waals surface area contributed by atoms with Gasteiger partial charge in [0.15, 0.2) is 0 Å². The van der Waals surface area contributed by atoms with Gasteiger partial charge < -0.3 is 5.11 Å². The first-order chi connectivity index (χ1) is 8.66. The van der Waals surface area contributed by atoms with Crippen LogP contribution in [0.2, 0.25) is 0 Å². The van der Waals surface area contributed by atoms with E-state index >= 15 is 0 Å². The fraction of sp³-hybridized carbons (Fsp3) is 0.846. The summed E-state index contributed by atoms with van der Waals surface area (Å²) < 4.78 is 1.75. The van der Waals surface area contributed by atoms with Gasteiger partial charge in [0.1, 0.15) is 0 Å². The van der Waals surface area contributed by atoms with Crippen LogP contribution >= 0.6 is 0 Å². The fourth-order valence-corrected chi connectivity index (χ4v) is 3.48. The zero-order valence-electron chi connectivity index (χ0n) is 11.0. The Morgan fingerprint density at radius 3 is 3.11 bits per heavy atom. The molecule has 5 nitrogen and oxygen atoms in total. The molecule has 0 amide bonds. The largest absolute Gasteiger partial charge is 0.390 e. The van der Waals surface area contributed by atoms with E-state index in [4.69, 9.17) is 0 Å². The smallest absolute Gasteiger partial charge is 0.0967 e. The summed E-state index contributed by atoms with van der Waals surface area (Å²) in [4.78, 5) is 2.41. The van der Waals surface area contributed by atoms with E-state index in [-0.39, 0.29) is 5.60 Å². The van der Waals surface area contributed by atoms with Crippen molar-refractivity contribution in [3.05, 3.63) is 11.9 Å². The van der Waals surface area contributed by atoms with Gasteiger partial charge in [-0.1, -0.05) is 18.1 Å². The molecule has 18 heavy (non-hydrogen) atoms. The molecule has 2 atom stereocenters. The minimum atomic E-state index is -0.378. The Labute approximate surface area is 108 Å². The van der Waals surface area contributed by atoms with Crippen molar-refractivity contribution in [2.45, 2.75) is 44.2 Å². The van der Waals surface area contributed by atoms with Gasteiger partial charge in [-0.2, -0.15) is 0 Å². The highest BCUT2D eigenvalue weighted by molar-refractivity contribution is 4.98. The van der Waals surface area contributed by atoms with Crippen LogP contribution in [0.5, 0.6) is 0 Å². The highest BCUT2D eigenvalue weighted by Crippen LogP contribution is 2.39. The summed E-state index contributed by atoms with van der Waals surface area (Å²) in [5, 5.41) is 18.7. The van der Waals surface area contributed by atoms with Crippen LogP contribution in [0.3, 0.4) is 0 Å². The van der Waals surface area contributed by atoms with Gasteiger partial charge in [-0.3, -0.25) is 9.58 Å². The molecule has 5 heteroatoms. The van der Waals surface area contributed by atoms with Gasteiger partial charge in [-0.15, -0.1) is 5.10 Å². The summed E-state index contributed by atoms with van der Waals surface area (Å²) in [5.41, 5.74) is 0.649. The molecule has 1 aromatic rings. The molecule has 2 unspecified atom stereocenters. The van der Waals surface area contributed by atoms with Crippen LogP contribution in [0, 0.1) is 5.92 Å². The molecule has 1 aromatic heterocycles. The molecule has 2 fully saturated rings. The number of aliphatic hydroxyl groups is 1. The first-order valence-electron chi connectivity index (χ1n) is 6.96. The molecule has 3 rings (SSSR count). The molecule has 0 spiro atoms. The molecule has 100 valence electrons. The van der Waals surface area contributed by atoms with Gasteiger partial charge >= 0.3 is 0 Å². The fourth-order valence-electron chi connectivity index (χ4n) is 3.48. The number of hydrogen-bond donors (Lipinski definition) is 1. The predicted molar refractivity (Wildman–Crippen MR) is 67.8 cm³/mol. The summed E-state index contributed by atoms with van der Waals surface area (Å²) in [6.07, 6.45) is 7.52. The molecule has 2 aliphatic rings. The van der Waals surface area contributed by atoms with Crippen LogP contribution in [0.25, 0.3) is 0 Å². The highest BCUT2D eigenvalue weighted by atomic mass is 16.3. The lowest BCUT2D eigenvalue weighted by Gasteiger charge is -2.47. The maximum Gasteiger partial charge on any atom is 0.0967 e. The maximum absolute atomic E-state index is 10.6. The minimum absolute atomic E-state index is 0.378. The van der Waals surface area contributed by atoms with Crippen molar-refractivity contribution in [1.82, 2.24) is 19.9 Å². The molecule has 0 radical (unpaired) electrons. The molecule has 1 aliphatic carbocycles. The van der Waals surface area contributed by atoms with E-state index in [1.54, 1.807) is 4.68 Å². The molecule has 1 saturated heterocycles. The summed E-state index contributed by atoms with van der Waals surface area (Å²) in [6, 6.07) is 0. The Hall–Kier alpha value is -0.940. The number of rotatable bonds is 2. The van der Waals surface area contributed by atoms with Crippen molar-refractivity contribution in [3.8, 4) is 0 Å². The molecule has 1 saturated carbocycles. The Morgan fingerprint density at radius 2 is 2.33 bits per heavy atom. The van der Waals surface area contributed by atoms with Crippen molar-refractivity contribution in [3.63, 3.8) is 0 Å². The van der Waals surface area contributed by atoms with Gasteiger partial charge in [0, 0.05) is 38.8 Å². The van der Waals surface area contributed by atoms with Crippen molar-refractivity contribution >= 4 is 0 Å². The van der Waals surface area contributed by atoms with Crippen LogP contribution in [0.1, 0.15) is 37.8 Å². The third kappa shape index (κ3) is 2.29. The lowest BCUT2D eigenvalue weighted by molar-refractivity contribution is -0.0969. The van der Waals surface area contributed by atoms with Gasteiger partial charge in [0.25, 0.3) is 0 Å². The van der Waals surface area contributed by atoms with Crippen molar-refractivity contribution in [2.75, 3.05) is 13.1 Å². The number of fused-ring (bicyclic) bond motifs is 1. The molecule has 2 heterocycles. The zero-order chi connectivity index (χ0) is 12.6. The van der Waals surface area contributed by atoms with E-state index in [1.807, 2.05) is 13.2 Å². The third-order valence-corrected chi connectivity index (χ3v) is 4.55.